The van der Waals surface area contributed by atoms with Crippen molar-refractivity contribution >= 4 is 0 Å². The second-order valence-electron chi connectivity index (χ2n) is 2.41. The Morgan fingerprint density at radius 2 is 1.50 bits per heavy atom. The Morgan fingerprint density at radius 3 is 1.75 bits per heavy atom. The SMILES string of the molecule is CC.CC.CCC(C)CCNC. The summed E-state index contributed by atoms with van der Waals surface area (Å²) in [5.41, 5.74) is 0. The van der Waals surface area contributed by atoms with Crippen molar-refractivity contribution < 1.29 is 0 Å². The fourth-order valence-corrected chi connectivity index (χ4v) is 0.595. The van der Waals surface area contributed by atoms with Gasteiger partial charge in [0.1, 0.15) is 0 Å². The van der Waals surface area contributed by atoms with Gasteiger partial charge in [-0.2, -0.15) is 0 Å². The lowest BCUT2D eigenvalue weighted by atomic mass is 10.1. The highest BCUT2D eigenvalue weighted by molar-refractivity contribution is 4.50. The molecule has 0 spiro atoms. The van der Waals surface area contributed by atoms with Gasteiger partial charge in [0.15, 0.2) is 0 Å². The van der Waals surface area contributed by atoms with E-state index < -0.39 is 0 Å². The highest BCUT2D eigenvalue weighted by Gasteiger charge is 1.94. The summed E-state index contributed by atoms with van der Waals surface area (Å²) >= 11 is 0. The molecule has 0 aromatic heterocycles. The van der Waals surface area contributed by atoms with Gasteiger partial charge < -0.3 is 5.32 Å². The molecule has 1 heteroatoms. The van der Waals surface area contributed by atoms with Crippen LogP contribution in [0.2, 0.25) is 0 Å². The van der Waals surface area contributed by atoms with Crippen molar-refractivity contribution in [3.63, 3.8) is 0 Å². The first-order chi connectivity index (χ1) is 5.81. The van der Waals surface area contributed by atoms with Gasteiger partial charge in [0.25, 0.3) is 0 Å². The van der Waals surface area contributed by atoms with Crippen LogP contribution in [0.3, 0.4) is 0 Å². The minimum atomic E-state index is 0.891. The van der Waals surface area contributed by atoms with Crippen molar-refractivity contribution in [2.75, 3.05) is 13.6 Å². The molecule has 0 amide bonds. The highest BCUT2D eigenvalue weighted by atomic mass is 14.8. The molecule has 12 heavy (non-hydrogen) atoms. The average molecular weight is 175 g/mol. The second kappa shape index (κ2) is 22.4. The Kier molecular flexibility index (Phi) is 33.5. The molecule has 0 heterocycles. The molecular weight excluding hydrogens is 146 g/mol. The molecule has 0 aromatic rings. The third-order valence-corrected chi connectivity index (χ3v) is 1.58. The Morgan fingerprint density at radius 1 is 1.08 bits per heavy atom. The fourth-order valence-electron chi connectivity index (χ4n) is 0.595. The minimum Gasteiger partial charge on any atom is -0.320 e. The highest BCUT2D eigenvalue weighted by Crippen LogP contribution is 2.03. The molecule has 1 atom stereocenters. The smallest absolute Gasteiger partial charge is 0.00494 e. The van der Waals surface area contributed by atoms with E-state index in [4.69, 9.17) is 0 Å². The summed E-state index contributed by atoms with van der Waals surface area (Å²) in [5.74, 6) is 0.891. The molecule has 0 rings (SSSR count). The van der Waals surface area contributed by atoms with Gasteiger partial charge in [-0.1, -0.05) is 48.0 Å². The first-order valence-electron chi connectivity index (χ1n) is 5.45. The van der Waals surface area contributed by atoms with Crippen LogP contribution in [-0.2, 0) is 0 Å². The summed E-state index contributed by atoms with van der Waals surface area (Å²) in [5, 5.41) is 3.13. The summed E-state index contributed by atoms with van der Waals surface area (Å²) in [6.07, 6.45) is 2.62. The number of hydrogen-bond acceptors (Lipinski definition) is 1. The van der Waals surface area contributed by atoms with Gasteiger partial charge in [-0.05, 0) is 25.9 Å². The lowest BCUT2D eigenvalue weighted by Gasteiger charge is -2.05. The molecule has 0 aromatic carbocycles. The van der Waals surface area contributed by atoms with E-state index in [9.17, 15) is 0 Å². The molecule has 78 valence electrons. The predicted octanol–water partition coefficient (Wildman–Crippen LogP) is 3.69. The van der Waals surface area contributed by atoms with Crippen LogP contribution in [0.1, 0.15) is 54.4 Å². The standard InChI is InChI=1S/C7H17N.2C2H6/c1-4-7(2)5-6-8-3;2*1-2/h7-8H,4-6H2,1-3H3;2*1-2H3. The molecule has 0 saturated carbocycles. The van der Waals surface area contributed by atoms with E-state index in [1.807, 2.05) is 34.7 Å². The van der Waals surface area contributed by atoms with Crippen molar-refractivity contribution in [2.24, 2.45) is 5.92 Å². The monoisotopic (exact) mass is 175 g/mol. The first kappa shape index (κ1) is 17.9. The summed E-state index contributed by atoms with van der Waals surface area (Å²) in [6.45, 7) is 13.7. The van der Waals surface area contributed by atoms with Gasteiger partial charge in [0.05, 0.1) is 0 Å². The molecule has 0 saturated heterocycles. The lowest BCUT2D eigenvalue weighted by Crippen LogP contribution is -2.10. The van der Waals surface area contributed by atoms with Crippen LogP contribution < -0.4 is 5.32 Å². The summed E-state index contributed by atoms with van der Waals surface area (Å²) in [4.78, 5) is 0. The van der Waals surface area contributed by atoms with E-state index in [-0.39, 0.29) is 0 Å². The van der Waals surface area contributed by atoms with E-state index in [1.165, 1.54) is 12.8 Å². The maximum absolute atomic E-state index is 3.13. The van der Waals surface area contributed by atoms with E-state index in [0.29, 0.717) is 0 Å². The Labute approximate surface area is 80.0 Å². The second-order valence-corrected chi connectivity index (χ2v) is 2.41. The fraction of sp³-hybridized carbons (Fsp3) is 1.00. The van der Waals surface area contributed by atoms with Crippen LogP contribution in [0.15, 0.2) is 0 Å². The topological polar surface area (TPSA) is 12.0 Å². The predicted molar refractivity (Wildman–Crippen MR) is 60.7 cm³/mol. The van der Waals surface area contributed by atoms with Gasteiger partial charge in [-0.3, -0.25) is 0 Å². The Hall–Kier alpha value is -0.0400. The quantitative estimate of drug-likeness (QED) is 0.687. The van der Waals surface area contributed by atoms with Crippen LogP contribution in [-0.4, -0.2) is 13.6 Å². The van der Waals surface area contributed by atoms with Crippen LogP contribution in [0, 0.1) is 5.92 Å². The molecule has 0 radical (unpaired) electrons. The van der Waals surface area contributed by atoms with Crippen molar-refractivity contribution in [1.82, 2.24) is 5.32 Å². The molecule has 0 bridgehead atoms. The molecular formula is C11H29N. The largest absolute Gasteiger partial charge is 0.320 e. The van der Waals surface area contributed by atoms with E-state index >= 15 is 0 Å². The zero-order valence-electron chi connectivity index (χ0n) is 10.2. The van der Waals surface area contributed by atoms with Crippen LogP contribution >= 0.6 is 0 Å². The van der Waals surface area contributed by atoms with Gasteiger partial charge in [-0.15, -0.1) is 0 Å². The van der Waals surface area contributed by atoms with Crippen LogP contribution in [0.4, 0.5) is 0 Å². The zero-order chi connectivity index (χ0) is 10.4. The number of nitrogens with one attached hydrogen (secondary N) is 1. The maximum atomic E-state index is 3.13. The zero-order valence-corrected chi connectivity index (χ0v) is 10.2. The summed E-state index contributed by atoms with van der Waals surface area (Å²) in [6, 6.07) is 0. The lowest BCUT2D eigenvalue weighted by molar-refractivity contribution is 0.503. The number of hydrogen-bond donors (Lipinski definition) is 1. The molecule has 0 aliphatic rings. The van der Waals surface area contributed by atoms with E-state index in [1.54, 1.807) is 0 Å². The molecule has 0 aliphatic carbocycles. The van der Waals surface area contributed by atoms with Gasteiger partial charge in [0.2, 0.25) is 0 Å². The van der Waals surface area contributed by atoms with Crippen molar-refractivity contribution in [3.05, 3.63) is 0 Å². The summed E-state index contributed by atoms with van der Waals surface area (Å²) < 4.78 is 0. The Bertz CT molecular complexity index is 44.3. The van der Waals surface area contributed by atoms with Gasteiger partial charge >= 0.3 is 0 Å². The van der Waals surface area contributed by atoms with Gasteiger partial charge in [0, 0.05) is 0 Å². The van der Waals surface area contributed by atoms with Crippen molar-refractivity contribution in [1.29, 1.82) is 0 Å². The molecule has 0 aliphatic heterocycles. The normalized spacial score (nSPS) is 10.2. The number of rotatable bonds is 4. The maximum Gasteiger partial charge on any atom is -0.00494 e. The van der Waals surface area contributed by atoms with Crippen molar-refractivity contribution in [3.8, 4) is 0 Å². The molecule has 1 N–H and O–H groups in total. The van der Waals surface area contributed by atoms with E-state index in [0.717, 1.165) is 12.5 Å². The third-order valence-electron chi connectivity index (χ3n) is 1.58. The van der Waals surface area contributed by atoms with Crippen LogP contribution in [0.5, 0.6) is 0 Å². The van der Waals surface area contributed by atoms with Crippen LogP contribution in [0.25, 0.3) is 0 Å². The van der Waals surface area contributed by atoms with E-state index in [2.05, 4.69) is 19.2 Å². The molecule has 1 nitrogen and oxygen atoms in total. The minimum absolute atomic E-state index is 0.891. The average Bonchev–Trinajstić information content (AvgIpc) is 2.20. The first-order valence-corrected chi connectivity index (χ1v) is 5.45. The Balaban J connectivity index is -0.000000175. The molecule has 0 fully saturated rings. The third kappa shape index (κ3) is 22.5. The van der Waals surface area contributed by atoms with Gasteiger partial charge in [-0.25, -0.2) is 0 Å². The molecule has 1 unspecified atom stereocenters. The summed E-state index contributed by atoms with van der Waals surface area (Å²) in [7, 11) is 2.00. The van der Waals surface area contributed by atoms with Crippen molar-refractivity contribution in [2.45, 2.75) is 54.4 Å².